The number of benzene rings is 1. The van der Waals surface area contributed by atoms with Crippen LogP contribution in [0.4, 0.5) is 10.1 Å². The van der Waals surface area contributed by atoms with Crippen molar-refractivity contribution in [3.8, 4) is 0 Å². The van der Waals surface area contributed by atoms with Gasteiger partial charge in [0.25, 0.3) is 0 Å². The molecule has 4 aromatic rings. The van der Waals surface area contributed by atoms with Gasteiger partial charge in [0.2, 0.25) is 0 Å². The van der Waals surface area contributed by atoms with Crippen molar-refractivity contribution in [2.24, 2.45) is 0 Å². The Morgan fingerprint density at radius 1 is 1.00 bits per heavy atom. The summed E-state index contributed by atoms with van der Waals surface area (Å²) in [6, 6.07) is 18.4. The van der Waals surface area contributed by atoms with E-state index >= 15 is 0 Å². The molecule has 1 aliphatic rings. The van der Waals surface area contributed by atoms with Crippen molar-refractivity contribution < 1.29 is 4.39 Å². The zero-order chi connectivity index (χ0) is 22.9. The number of hydrogen-bond acceptors (Lipinski definition) is 3. The highest BCUT2D eigenvalue weighted by molar-refractivity contribution is 7.80. The monoisotopic (exact) mass is 457 g/mol. The molecule has 7 heteroatoms. The summed E-state index contributed by atoms with van der Waals surface area (Å²) in [6.07, 6.45) is 5.39. The smallest absolute Gasteiger partial charge is 0.174 e. The van der Waals surface area contributed by atoms with Crippen molar-refractivity contribution in [3.05, 3.63) is 113 Å². The largest absolute Gasteiger partial charge is 0.351 e. The highest BCUT2D eigenvalue weighted by atomic mass is 32.1. The Morgan fingerprint density at radius 2 is 1.76 bits per heavy atom. The molecular weight excluding hydrogens is 433 g/mol. The molecule has 4 heterocycles. The number of anilines is 1. The van der Waals surface area contributed by atoms with Gasteiger partial charge in [-0.1, -0.05) is 18.2 Å². The van der Waals surface area contributed by atoms with Gasteiger partial charge < -0.3 is 14.8 Å². The van der Waals surface area contributed by atoms with Crippen molar-refractivity contribution >= 4 is 23.0 Å². The van der Waals surface area contributed by atoms with Crippen molar-refractivity contribution in [1.29, 1.82) is 0 Å². The molecule has 0 radical (unpaired) electrons. The van der Waals surface area contributed by atoms with Crippen LogP contribution >= 0.6 is 12.2 Å². The van der Waals surface area contributed by atoms with E-state index in [1.54, 1.807) is 30.7 Å². The summed E-state index contributed by atoms with van der Waals surface area (Å²) in [5.74, 6) is -0.307. The van der Waals surface area contributed by atoms with Gasteiger partial charge in [0.1, 0.15) is 5.82 Å². The Kier molecular flexibility index (Phi) is 5.64. The average Bonchev–Trinajstić information content (AvgIpc) is 3.31. The van der Waals surface area contributed by atoms with Crippen molar-refractivity contribution in [2.45, 2.75) is 32.5 Å². The van der Waals surface area contributed by atoms with E-state index in [-0.39, 0.29) is 17.9 Å². The average molecular weight is 458 g/mol. The molecule has 0 amide bonds. The minimum absolute atomic E-state index is 0.215. The van der Waals surface area contributed by atoms with E-state index in [0.717, 1.165) is 29.2 Å². The molecule has 1 saturated heterocycles. The van der Waals surface area contributed by atoms with E-state index < -0.39 is 0 Å². The van der Waals surface area contributed by atoms with Gasteiger partial charge in [0.15, 0.2) is 5.11 Å². The first-order valence-corrected chi connectivity index (χ1v) is 11.3. The highest BCUT2D eigenvalue weighted by Crippen LogP contribution is 2.43. The summed E-state index contributed by atoms with van der Waals surface area (Å²) in [7, 11) is 0. The van der Waals surface area contributed by atoms with Gasteiger partial charge in [-0.05, 0) is 79.7 Å². The fraction of sp³-hybridized carbons (Fsp3) is 0.192. The molecule has 166 valence electrons. The van der Waals surface area contributed by atoms with Gasteiger partial charge >= 0.3 is 0 Å². The molecule has 33 heavy (non-hydrogen) atoms. The summed E-state index contributed by atoms with van der Waals surface area (Å²) in [5.41, 5.74) is 5.83. The van der Waals surface area contributed by atoms with E-state index in [1.807, 2.05) is 41.3 Å². The molecule has 0 spiro atoms. The Morgan fingerprint density at radius 3 is 2.48 bits per heavy atom. The van der Waals surface area contributed by atoms with Crippen LogP contribution < -0.4 is 10.2 Å². The number of halogens is 1. The van der Waals surface area contributed by atoms with E-state index in [9.17, 15) is 4.39 Å². The van der Waals surface area contributed by atoms with Crippen LogP contribution in [0.25, 0.3) is 0 Å². The number of thiocarbonyl (C=S) groups is 1. The second-order valence-corrected chi connectivity index (χ2v) is 8.60. The fourth-order valence-electron chi connectivity index (χ4n) is 4.62. The second kappa shape index (κ2) is 8.75. The van der Waals surface area contributed by atoms with E-state index in [4.69, 9.17) is 12.2 Å². The van der Waals surface area contributed by atoms with Crippen LogP contribution in [0.5, 0.6) is 0 Å². The first kappa shape index (κ1) is 21.3. The molecule has 2 atom stereocenters. The molecule has 1 aliphatic heterocycles. The number of para-hydroxylation sites is 1. The third-order valence-corrected chi connectivity index (χ3v) is 6.55. The molecule has 1 fully saturated rings. The number of aromatic nitrogens is 3. The number of hydrogen-bond donors (Lipinski definition) is 1. The predicted molar refractivity (Wildman–Crippen MR) is 132 cm³/mol. The molecular formula is C26H24FN5S. The maximum Gasteiger partial charge on any atom is 0.174 e. The Hall–Kier alpha value is -3.58. The van der Waals surface area contributed by atoms with Crippen molar-refractivity contribution in [1.82, 2.24) is 19.9 Å². The van der Waals surface area contributed by atoms with Crippen LogP contribution in [-0.4, -0.2) is 19.6 Å². The Labute approximate surface area is 197 Å². The van der Waals surface area contributed by atoms with Crippen LogP contribution in [0.3, 0.4) is 0 Å². The van der Waals surface area contributed by atoms with E-state index in [2.05, 4.69) is 39.8 Å². The lowest BCUT2D eigenvalue weighted by Gasteiger charge is -2.28. The van der Waals surface area contributed by atoms with Gasteiger partial charge in [-0.3, -0.25) is 9.97 Å². The number of aryl methyl sites for hydroxylation is 1. The number of nitrogens with one attached hydrogen (secondary N) is 1. The summed E-state index contributed by atoms with van der Waals surface area (Å²) in [5, 5.41) is 3.90. The zero-order valence-electron chi connectivity index (χ0n) is 18.4. The van der Waals surface area contributed by atoms with E-state index in [0.29, 0.717) is 10.8 Å². The van der Waals surface area contributed by atoms with Gasteiger partial charge in [0, 0.05) is 36.5 Å². The summed E-state index contributed by atoms with van der Waals surface area (Å²) < 4.78 is 17.2. The molecule has 0 unspecified atom stereocenters. The van der Waals surface area contributed by atoms with Gasteiger partial charge in [-0.15, -0.1) is 0 Å². The van der Waals surface area contributed by atoms with Crippen molar-refractivity contribution in [3.63, 3.8) is 0 Å². The topological polar surface area (TPSA) is 46.0 Å². The molecule has 1 aromatic carbocycles. The molecule has 3 aromatic heterocycles. The summed E-state index contributed by atoms with van der Waals surface area (Å²) in [4.78, 5) is 10.6. The van der Waals surface area contributed by atoms with Crippen LogP contribution in [0.15, 0.2) is 79.3 Å². The van der Waals surface area contributed by atoms with Crippen molar-refractivity contribution in [2.75, 3.05) is 4.90 Å². The van der Waals surface area contributed by atoms with Gasteiger partial charge in [-0.25, -0.2) is 4.39 Å². The van der Waals surface area contributed by atoms with Gasteiger partial charge in [0.05, 0.1) is 23.5 Å². The summed E-state index contributed by atoms with van der Waals surface area (Å²) >= 11 is 5.73. The molecule has 1 N–H and O–H groups in total. The molecule has 0 aliphatic carbocycles. The molecule has 0 saturated carbocycles. The first-order chi connectivity index (χ1) is 16.0. The fourth-order valence-corrected chi connectivity index (χ4v) is 4.96. The SMILES string of the molecule is Cc1cc([C@H]2[C@@H](c3ccccn3)NC(=S)N2c2ccccc2F)c(C)n1Cc1ccncc1. The third-order valence-electron chi connectivity index (χ3n) is 6.23. The van der Waals surface area contributed by atoms with Crippen LogP contribution in [0.1, 0.15) is 40.3 Å². The lowest BCUT2D eigenvalue weighted by atomic mass is 9.96. The van der Waals surface area contributed by atoms with Crippen LogP contribution in [0, 0.1) is 19.7 Å². The van der Waals surface area contributed by atoms with Crippen LogP contribution in [0.2, 0.25) is 0 Å². The standard InChI is InChI=1S/C26H24FN5S/c1-17-15-20(18(2)31(17)16-19-10-13-28-14-11-19)25-24(22-8-5-6-12-29-22)30-26(33)32(25)23-9-4-3-7-21(23)27/h3-15,24-25H,16H2,1-2H3,(H,30,33)/t24-,25+/m1/s1. The van der Waals surface area contributed by atoms with E-state index in [1.165, 1.54) is 11.6 Å². The Balaban J connectivity index is 1.64. The maximum atomic E-state index is 15.0. The minimum atomic E-state index is -0.307. The van der Waals surface area contributed by atoms with Gasteiger partial charge in [-0.2, -0.15) is 0 Å². The number of pyridine rings is 2. The second-order valence-electron chi connectivity index (χ2n) is 8.22. The summed E-state index contributed by atoms with van der Waals surface area (Å²) in [6.45, 7) is 4.94. The zero-order valence-corrected chi connectivity index (χ0v) is 19.3. The minimum Gasteiger partial charge on any atom is -0.351 e. The molecule has 0 bridgehead atoms. The molecule has 5 nitrogen and oxygen atoms in total. The normalized spacial score (nSPS) is 17.9. The third kappa shape index (κ3) is 3.89. The quantitative estimate of drug-likeness (QED) is 0.414. The maximum absolute atomic E-state index is 15.0. The number of nitrogens with zero attached hydrogens (tertiary/aromatic N) is 4. The molecule has 5 rings (SSSR count). The Bertz CT molecular complexity index is 1290. The highest BCUT2D eigenvalue weighted by Gasteiger charge is 2.43. The number of rotatable bonds is 5. The first-order valence-electron chi connectivity index (χ1n) is 10.9. The lowest BCUT2D eigenvalue weighted by molar-refractivity contribution is 0.554. The van der Waals surface area contributed by atoms with Crippen LogP contribution in [-0.2, 0) is 6.54 Å². The predicted octanol–water partition coefficient (Wildman–Crippen LogP) is 5.26. The lowest BCUT2D eigenvalue weighted by Crippen LogP contribution is -2.30.